The average molecular weight is 795 g/mol. The Morgan fingerprint density at radius 1 is 0.442 bits per heavy atom. The van der Waals surface area contributed by atoms with Crippen LogP contribution < -0.4 is 11.5 Å². The predicted octanol–water partition coefficient (Wildman–Crippen LogP) is 11.8. The van der Waals surface area contributed by atoms with Gasteiger partial charge in [0, 0.05) is 0 Å². The van der Waals surface area contributed by atoms with Gasteiger partial charge in [-0.1, -0.05) is 181 Å². The van der Waals surface area contributed by atoms with Crippen molar-refractivity contribution in [1.29, 1.82) is 0 Å². The second kappa shape index (κ2) is 50.6. The number of carbonyl (C=O) groups excluding carboxylic acids is 2. The summed E-state index contributed by atoms with van der Waals surface area (Å²) in [5.41, 5.74) is 11.6. The molecule has 7 nitrogen and oxygen atoms in total. The minimum atomic E-state index is -0.445. The quantitative estimate of drug-likeness (QED) is 0.0461. The van der Waals surface area contributed by atoms with Gasteiger partial charge in [0.05, 0.1) is 13.2 Å². The fraction of sp³-hybridized carbons (Fsp3) is 0.952. The zero-order valence-electron chi connectivity index (χ0n) is 34.6. The van der Waals surface area contributed by atoms with E-state index in [1.54, 1.807) is 23.5 Å². The SMILES string of the molecule is CCCCCCCCCCCCCCCCOC(=O)[C@@H](N)CCSC.CCCCCCCCCCCCCCCCOC(=O)[C@@H](N)CCSC.O=S. The first-order valence-corrected chi connectivity index (χ1v) is 24.6. The third kappa shape index (κ3) is 47.6. The van der Waals surface area contributed by atoms with Crippen LogP contribution in [0.25, 0.3) is 0 Å². The molecule has 312 valence electrons. The third-order valence-electron chi connectivity index (χ3n) is 9.36. The second-order valence-electron chi connectivity index (χ2n) is 14.3. The van der Waals surface area contributed by atoms with Gasteiger partial charge in [-0.25, -0.2) is 0 Å². The maximum atomic E-state index is 11.6. The fourth-order valence-electron chi connectivity index (χ4n) is 5.88. The van der Waals surface area contributed by atoms with E-state index in [2.05, 4.69) is 26.4 Å². The lowest BCUT2D eigenvalue weighted by Crippen LogP contribution is -2.33. The fourth-order valence-corrected chi connectivity index (χ4v) is 6.86. The van der Waals surface area contributed by atoms with E-state index in [4.69, 9.17) is 25.1 Å². The van der Waals surface area contributed by atoms with Gasteiger partial charge in [0.1, 0.15) is 12.1 Å². The maximum Gasteiger partial charge on any atom is 0.322 e. The van der Waals surface area contributed by atoms with Crippen LogP contribution in [0.4, 0.5) is 0 Å². The molecule has 4 N–H and O–H groups in total. The zero-order chi connectivity index (χ0) is 39.2. The van der Waals surface area contributed by atoms with Crippen molar-refractivity contribution < 1.29 is 23.3 Å². The number of ether oxygens (including phenoxy) is 2. The molecule has 0 aromatic heterocycles. The Morgan fingerprint density at radius 3 is 0.865 bits per heavy atom. The third-order valence-corrected chi connectivity index (χ3v) is 10.6. The summed E-state index contributed by atoms with van der Waals surface area (Å²) in [7, 11) is 0. The average Bonchev–Trinajstić information content (AvgIpc) is 3.16. The molecule has 52 heavy (non-hydrogen) atoms. The Kier molecular flexibility index (Phi) is 54.4. The highest BCUT2D eigenvalue weighted by molar-refractivity contribution is 7.98. The van der Waals surface area contributed by atoms with Crippen molar-refractivity contribution in [2.45, 2.75) is 219 Å². The van der Waals surface area contributed by atoms with Gasteiger partial charge in [0.15, 0.2) is 12.5 Å². The molecule has 0 saturated heterocycles. The van der Waals surface area contributed by atoms with Crippen LogP contribution >= 0.6 is 23.5 Å². The summed E-state index contributed by atoms with van der Waals surface area (Å²) in [6.07, 6.45) is 42.9. The summed E-state index contributed by atoms with van der Waals surface area (Å²) >= 11 is 6.25. The van der Waals surface area contributed by atoms with E-state index in [-0.39, 0.29) is 11.9 Å². The lowest BCUT2D eigenvalue weighted by molar-refractivity contribution is -0.146. The minimum absolute atomic E-state index is 0.233. The van der Waals surface area contributed by atoms with Crippen LogP contribution in [0.15, 0.2) is 0 Å². The first kappa shape index (κ1) is 55.9. The van der Waals surface area contributed by atoms with Crippen LogP contribution in [0.2, 0.25) is 0 Å². The summed E-state index contributed by atoms with van der Waals surface area (Å²) in [6.45, 7) is 5.61. The van der Waals surface area contributed by atoms with Crippen molar-refractivity contribution in [3.8, 4) is 0 Å². The molecule has 0 aliphatic rings. The molecule has 0 heterocycles. The van der Waals surface area contributed by atoms with E-state index in [0.717, 1.165) is 37.2 Å². The lowest BCUT2D eigenvalue weighted by atomic mass is 10.0. The Balaban J connectivity index is -0.000000881. The first-order valence-electron chi connectivity index (χ1n) is 21.4. The summed E-state index contributed by atoms with van der Waals surface area (Å²) in [5.74, 6) is 1.36. The molecule has 2 atom stereocenters. The number of esters is 2. The molecular formula is C42H86N2O5S3. The second-order valence-corrected chi connectivity index (χ2v) is 16.3. The van der Waals surface area contributed by atoms with Gasteiger partial charge in [0.2, 0.25) is 0 Å². The number of nitrogens with two attached hydrogens (primary N) is 2. The van der Waals surface area contributed by atoms with Gasteiger partial charge in [-0.3, -0.25) is 9.59 Å². The Hall–Kier alpha value is -0.420. The normalized spacial score (nSPS) is 11.9. The van der Waals surface area contributed by atoms with E-state index in [1.807, 2.05) is 12.5 Å². The molecule has 0 fully saturated rings. The summed E-state index contributed by atoms with van der Waals surface area (Å²) in [4.78, 5) is 23.3. The van der Waals surface area contributed by atoms with Gasteiger partial charge in [-0.05, 0) is 49.7 Å². The molecule has 0 aromatic carbocycles. The highest BCUT2D eigenvalue weighted by Crippen LogP contribution is 2.14. The monoisotopic (exact) mass is 795 g/mol. The largest absolute Gasteiger partial charge is 0.465 e. The molecule has 0 unspecified atom stereocenters. The zero-order valence-corrected chi connectivity index (χ0v) is 37.1. The number of unbranched alkanes of at least 4 members (excludes halogenated alkanes) is 26. The molecular weight excluding hydrogens is 709 g/mol. The van der Waals surface area contributed by atoms with E-state index in [9.17, 15) is 9.59 Å². The van der Waals surface area contributed by atoms with E-state index in [0.29, 0.717) is 26.1 Å². The molecule has 0 aromatic rings. The van der Waals surface area contributed by atoms with E-state index < -0.39 is 12.1 Å². The molecule has 0 aliphatic heterocycles. The van der Waals surface area contributed by atoms with Crippen molar-refractivity contribution in [3.05, 3.63) is 0 Å². The van der Waals surface area contributed by atoms with Crippen LogP contribution in [0.5, 0.6) is 0 Å². The molecule has 0 amide bonds. The Morgan fingerprint density at radius 2 is 0.654 bits per heavy atom. The number of rotatable bonds is 38. The van der Waals surface area contributed by atoms with Crippen LogP contribution in [0, 0.1) is 0 Å². The number of thioether (sulfide) groups is 2. The van der Waals surface area contributed by atoms with E-state index in [1.165, 1.54) is 154 Å². The van der Waals surface area contributed by atoms with Crippen molar-refractivity contribution in [2.24, 2.45) is 11.5 Å². The number of hydrogen-bond acceptors (Lipinski definition) is 10. The van der Waals surface area contributed by atoms with Crippen LogP contribution in [-0.4, -0.2) is 65.5 Å². The summed E-state index contributed by atoms with van der Waals surface area (Å²) in [6, 6.07) is -0.891. The van der Waals surface area contributed by atoms with Gasteiger partial charge in [-0.2, -0.15) is 27.7 Å². The molecule has 10 heteroatoms. The van der Waals surface area contributed by atoms with Gasteiger partial charge >= 0.3 is 11.9 Å². The lowest BCUT2D eigenvalue weighted by Gasteiger charge is -2.10. The van der Waals surface area contributed by atoms with Crippen molar-refractivity contribution in [2.75, 3.05) is 37.2 Å². The Bertz CT molecular complexity index is 653. The topological polar surface area (TPSA) is 122 Å². The number of hydrogen-bond donors (Lipinski definition) is 2. The van der Waals surface area contributed by atoms with Gasteiger partial charge < -0.3 is 20.9 Å². The van der Waals surface area contributed by atoms with Crippen molar-refractivity contribution in [3.63, 3.8) is 0 Å². The van der Waals surface area contributed by atoms with Gasteiger partial charge in [-0.15, -0.1) is 0 Å². The first-order chi connectivity index (χ1) is 25.4. The molecule has 0 saturated carbocycles. The molecule has 0 bridgehead atoms. The standard InChI is InChI=1S/2C21H43NO2S.OS/c2*1-3-4-5-6-7-8-9-10-11-12-13-14-15-16-18-24-21(23)20(22)17-19-25-2;1-2/h2*20H,3-19,22H2,1-2H3;/t2*20-;/m00./s1. The predicted molar refractivity (Wildman–Crippen MR) is 233 cm³/mol. The van der Waals surface area contributed by atoms with Crippen LogP contribution in [0.1, 0.15) is 206 Å². The molecule has 0 aliphatic carbocycles. The minimum Gasteiger partial charge on any atom is -0.465 e. The highest BCUT2D eigenvalue weighted by Gasteiger charge is 2.14. The van der Waals surface area contributed by atoms with Gasteiger partial charge in [0.25, 0.3) is 0 Å². The maximum absolute atomic E-state index is 11.6. The molecule has 0 rings (SSSR count). The summed E-state index contributed by atoms with van der Waals surface area (Å²) in [5, 5.41) is 0. The number of carbonyl (C=O) groups is 2. The van der Waals surface area contributed by atoms with Crippen LogP contribution in [-0.2, 0) is 31.6 Å². The molecule has 0 radical (unpaired) electrons. The van der Waals surface area contributed by atoms with E-state index >= 15 is 0 Å². The smallest absolute Gasteiger partial charge is 0.322 e. The Labute approximate surface area is 337 Å². The van der Waals surface area contributed by atoms with Crippen molar-refractivity contribution >= 4 is 48.0 Å². The summed E-state index contributed by atoms with van der Waals surface area (Å²) < 4.78 is 18.3. The van der Waals surface area contributed by atoms with Crippen molar-refractivity contribution in [1.82, 2.24) is 0 Å². The van der Waals surface area contributed by atoms with Crippen LogP contribution in [0.3, 0.4) is 0 Å². The molecule has 0 spiro atoms. The highest BCUT2D eigenvalue weighted by atomic mass is 32.2.